The molecule has 2 heterocycles. The zero-order valence-electron chi connectivity index (χ0n) is 17.8. The number of halogens is 4. The summed E-state index contributed by atoms with van der Waals surface area (Å²) >= 11 is 0. The molecule has 176 valence electrons. The quantitative estimate of drug-likeness (QED) is 0.445. The van der Waals surface area contributed by atoms with Crippen molar-refractivity contribution in [1.82, 2.24) is 14.8 Å². The molecule has 0 saturated carbocycles. The fourth-order valence-corrected chi connectivity index (χ4v) is 4.51. The summed E-state index contributed by atoms with van der Waals surface area (Å²) in [5.41, 5.74) is 3.62. The van der Waals surface area contributed by atoms with Crippen LogP contribution >= 0.6 is 0 Å². The van der Waals surface area contributed by atoms with Crippen LogP contribution in [0.25, 0.3) is 6.08 Å². The van der Waals surface area contributed by atoms with Crippen molar-refractivity contribution < 1.29 is 27.0 Å². The molecule has 2 aromatic carbocycles. The maximum Gasteiger partial charge on any atom is 0.387 e. The minimum atomic E-state index is -2.97. The lowest BCUT2D eigenvalue weighted by Gasteiger charge is -2.35. The van der Waals surface area contributed by atoms with Crippen LogP contribution in [0.4, 0.5) is 23.5 Å². The largest absolute Gasteiger partial charge is 0.434 e. The zero-order chi connectivity index (χ0) is 23.7. The van der Waals surface area contributed by atoms with Crippen LogP contribution in [-0.2, 0) is 0 Å². The smallest absolute Gasteiger partial charge is 0.387 e. The monoisotopic (exact) mass is 472 g/mol. The van der Waals surface area contributed by atoms with Crippen molar-refractivity contribution in [3.63, 3.8) is 0 Å². The van der Waals surface area contributed by atoms with Gasteiger partial charge in [-0.2, -0.15) is 27.6 Å². The van der Waals surface area contributed by atoms with Gasteiger partial charge in [0.15, 0.2) is 0 Å². The summed E-state index contributed by atoms with van der Waals surface area (Å²) in [4.78, 5) is 4.28. The summed E-state index contributed by atoms with van der Waals surface area (Å²) in [6.07, 6.45) is 5.35. The van der Waals surface area contributed by atoms with Gasteiger partial charge < -0.3 is 14.8 Å². The second-order valence-corrected chi connectivity index (χ2v) is 7.81. The van der Waals surface area contributed by atoms with Gasteiger partial charge in [-0.1, -0.05) is 36.4 Å². The van der Waals surface area contributed by atoms with Crippen LogP contribution in [0.15, 0.2) is 71.7 Å². The number of nitrogens with one attached hydrogen (secondary N) is 1. The number of nitrogens with zero attached hydrogens (tertiary/aromatic N) is 3. The molecule has 1 unspecified atom stereocenters. The number of aromatic nitrogens is 3. The highest BCUT2D eigenvalue weighted by molar-refractivity contribution is 5.68. The molecule has 0 amide bonds. The van der Waals surface area contributed by atoms with E-state index in [0.29, 0.717) is 29.9 Å². The third kappa shape index (κ3) is 4.23. The summed E-state index contributed by atoms with van der Waals surface area (Å²) < 4.78 is 63.1. The van der Waals surface area contributed by atoms with E-state index in [1.165, 1.54) is 18.5 Å². The van der Waals surface area contributed by atoms with E-state index in [9.17, 15) is 17.6 Å². The lowest BCUT2D eigenvalue weighted by atomic mass is 9.83. The highest BCUT2D eigenvalue weighted by atomic mass is 19.3. The number of fused-ring (bicyclic) bond motifs is 1. The molecule has 1 aromatic heterocycles. The van der Waals surface area contributed by atoms with E-state index in [1.807, 2.05) is 6.08 Å². The van der Waals surface area contributed by atoms with Crippen LogP contribution < -0.4 is 14.8 Å². The fraction of sp³-hybridized carbons (Fsp3) is 0.250. The van der Waals surface area contributed by atoms with Gasteiger partial charge in [0.05, 0.1) is 0 Å². The van der Waals surface area contributed by atoms with Crippen LogP contribution in [0.5, 0.6) is 11.5 Å². The van der Waals surface area contributed by atoms with Crippen molar-refractivity contribution in [3.05, 3.63) is 82.8 Å². The molecule has 3 aromatic rings. The van der Waals surface area contributed by atoms with Crippen molar-refractivity contribution in [2.75, 3.05) is 5.32 Å². The zero-order valence-corrected chi connectivity index (χ0v) is 17.8. The van der Waals surface area contributed by atoms with E-state index in [0.717, 1.165) is 23.3 Å². The normalized spacial score (nSPS) is 18.6. The Labute approximate surface area is 192 Å². The van der Waals surface area contributed by atoms with E-state index in [4.69, 9.17) is 4.74 Å². The number of rotatable bonds is 6. The summed E-state index contributed by atoms with van der Waals surface area (Å²) in [6, 6.07) is 12.7. The maximum atomic E-state index is 13.1. The van der Waals surface area contributed by atoms with Gasteiger partial charge in [0, 0.05) is 16.8 Å². The van der Waals surface area contributed by atoms with E-state index >= 15 is 0 Å². The third-order valence-electron chi connectivity index (χ3n) is 5.81. The van der Waals surface area contributed by atoms with Crippen molar-refractivity contribution in [2.45, 2.75) is 38.5 Å². The number of ether oxygens (including phenoxy) is 2. The number of alkyl halides is 4. The molecule has 0 bridgehead atoms. The molecule has 0 spiro atoms. The molecule has 0 fully saturated rings. The van der Waals surface area contributed by atoms with Gasteiger partial charge in [0.2, 0.25) is 5.95 Å². The van der Waals surface area contributed by atoms with Gasteiger partial charge in [0.1, 0.15) is 23.9 Å². The van der Waals surface area contributed by atoms with Crippen molar-refractivity contribution >= 4 is 12.0 Å². The molecular weight excluding hydrogens is 452 g/mol. The van der Waals surface area contributed by atoms with Crippen molar-refractivity contribution in [3.8, 4) is 11.5 Å². The highest BCUT2D eigenvalue weighted by Gasteiger charge is 2.35. The predicted octanol–water partition coefficient (Wildman–Crippen LogP) is 6.02. The maximum absolute atomic E-state index is 13.1. The van der Waals surface area contributed by atoms with E-state index in [1.54, 1.807) is 41.1 Å². The summed E-state index contributed by atoms with van der Waals surface area (Å²) in [7, 11) is 0. The number of hydrogen-bond acceptors (Lipinski definition) is 5. The SMILES string of the molecule is FC(F)Oc1ccccc1C=C1CCCC2=C1Nc1ncnn1C2c1ccccc1OC(F)F. The Kier molecular flexibility index (Phi) is 5.95. The summed E-state index contributed by atoms with van der Waals surface area (Å²) in [5.74, 6) is 0.578. The molecule has 1 aliphatic heterocycles. The lowest BCUT2D eigenvalue weighted by molar-refractivity contribution is -0.0510. The van der Waals surface area contributed by atoms with Crippen LogP contribution in [0, 0.1) is 0 Å². The molecule has 1 atom stereocenters. The number of hydrogen-bond donors (Lipinski definition) is 1. The molecule has 1 aliphatic carbocycles. The number of anilines is 1. The minimum Gasteiger partial charge on any atom is -0.434 e. The van der Waals surface area contributed by atoms with Gasteiger partial charge in [-0.05, 0) is 48.6 Å². The van der Waals surface area contributed by atoms with E-state index in [2.05, 4.69) is 20.1 Å². The van der Waals surface area contributed by atoms with Gasteiger partial charge in [-0.15, -0.1) is 0 Å². The molecule has 5 rings (SSSR count). The average molecular weight is 472 g/mol. The Morgan fingerprint density at radius 3 is 2.44 bits per heavy atom. The van der Waals surface area contributed by atoms with Crippen LogP contribution in [0.1, 0.15) is 36.4 Å². The Bertz CT molecular complexity index is 1260. The number of allylic oxidation sites excluding steroid dienone is 2. The number of para-hydroxylation sites is 2. The van der Waals surface area contributed by atoms with E-state index < -0.39 is 19.3 Å². The third-order valence-corrected chi connectivity index (χ3v) is 5.81. The molecular formula is C24H20F4N4O2. The Morgan fingerprint density at radius 2 is 1.65 bits per heavy atom. The van der Waals surface area contributed by atoms with Crippen molar-refractivity contribution in [1.29, 1.82) is 0 Å². The van der Waals surface area contributed by atoms with Crippen LogP contribution in [-0.4, -0.2) is 28.0 Å². The fourth-order valence-electron chi connectivity index (χ4n) is 4.51. The molecule has 10 heteroatoms. The first kappa shape index (κ1) is 22.0. The van der Waals surface area contributed by atoms with Crippen molar-refractivity contribution in [2.24, 2.45) is 0 Å². The Balaban J connectivity index is 1.63. The topological polar surface area (TPSA) is 61.2 Å². The first-order valence-corrected chi connectivity index (χ1v) is 10.7. The van der Waals surface area contributed by atoms with Gasteiger partial charge >= 0.3 is 13.2 Å². The number of benzene rings is 2. The highest BCUT2D eigenvalue weighted by Crippen LogP contribution is 2.46. The summed E-state index contributed by atoms with van der Waals surface area (Å²) in [6.45, 7) is -5.91. The standard InChI is InChI=1S/C24H20F4N4O2/c25-22(26)33-18-10-3-1-6-14(18)12-15-7-5-9-17-20(15)31-24-29-13-30-32(24)21(17)16-8-2-4-11-19(16)34-23(27)28/h1-4,6,8,10-13,21-23H,5,7,9H2,(H,29,30,31). The molecule has 34 heavy (non-hydrogen) atoms. The predicted molar refractivity (Wildman–Crippen MR) is 117 cm³/mol. The van der Waals surface area contributed by atoms with Gasteiger partial charge in [0.25, 0.3) is 0 Å². The Hall–Kier alpha value is -3.82. The minimum absolute atomic E-state index is 0.0597. The molecule has 0 radical (unpaired) electrons. The second kappa shape index (κ2) is 9.20. The molecule has 0 saturated heterocycles. The lowest BCUT2D eigenvalue weighted by Crippen LogP contribution is -2.28. The van der Waals surface area contributed by atoms with Gasteiger partial charge in [-0.3, -0.25) is 0 Å². The molecule has 1 N–H and O–H groups in total. The van der Waals surface area contributed by atoms with Gasteiger partial charge in [-0.25, -0.2) is 4.68 Å². The molecule has 6 nitrogen and oxygen atoms in total. The van der Waals surface area contributed by atoms with E-state index in [-0.39, 0.29) is 11.5 Å². The first-order valence-electron chi connectivity index (χ1n) is 10.7. The summed E-state index contributed by atoms with van der Waals surface area (Å²) in [5, 5.41) is 7.62. The average Bonchev–Trinajstić information content (AvgIpc) is 3.27. The van der Waals surface area contributed by atoms with Crippen LogP contribution in [0.3, 0.4) is 0 Å². The Morgan fingerprint density at radius 1 is 0.941 bits per heavy atom. The molecule has 2 aliphatic rings. The first-order chi connectivity index (χ1) is 16.5. The second-order valence-electron chi connectivity index (χ2n) is 7.81. The van der Waals surface area contributed by atoms with Crippen LogP contribution in [0.2, 0.25) is 0 Å².